The molecule has 0 aromatic heterocycles. The normalized spacial score (nSPS) is 17.1. The second-order valence-corrected chi connectivity index (χ2v) is 6.56. The third-order valence-corrected chi connectivity index (χ3v) is 3.82. The van der Waals surface area contributed by atoms with Crippen LogP contribution in [0.2, 0.25) is 0 Å². The molecular weight excluding hydrogens is 319 g/mol. The summed E-state index contributed by atoms with van der Waals surface area (Å²) in [6.45, 7) is 14.1. The van der Waals surface area contributed by atoms with Crippen molar-refractivity contribution in [1.82, 2.24) is 10.2 Å². The first kappa shape index (κ1) is 21.5. The van der Waals surface area contributed by atoms with Crippen LogP contribution in [0.25, 0.3) is 0 Å². The van der Waals surface area contributed by atoms with E-state index in [1.165, 1.54) is 5.56 Å². The van der Waals surface area contributed by atoms with Crippen LogP contribution in [0, 0.1) is 5.41 Å². The van der Waals surface area contributed by atoms with E-state index in [-0.39, 0.29) is 30.2 Å². The summed E-state index contributed by atoms with van der Waals surface area (Å²) in [4.78, 5) is 2.60. The van der Waals surface area contributed by atoms with E-state index in [4.69, 9.17) is 4.74 Å². The molecule has 0 aliphatic carbocycles. The van der Waals surface area contributed by atoms with Crippen molar-refractivity contribution in [2.24, 2.45) is 5.41 Å². The SMILES string of the molecule is CCOc1cccc([C@H](N2CCNCC2)C(C)(C)C)c1.Cl.Cl. The molecule has 2 rings (SSSR count). The zero-order valence-electron chi connectivity index (χ0n) is 14.1. The molecule has 22 heavy (non-hydrogen) atoms. The standard InChI is InChI=1S/C17H28N2O.2ClH/c1-5-20-15-8-6-7-14(13-15)16(17(2,3)4)19-11-9-18-10-12-19;;/h6-8,13,16,18H,5,9-12H2,1-4H3;2*1H/t16-;;/m0../s1. The van der Waals surface area contributed by atoms with Gasteiger partial charge in [0.1, 0.15) is 5.75 Å². The highest BCUT2D eigenvalue weighted by Crippen LogP contribution is 2.39. The predicted molar refractivity (Wildman–Crippen MR) is 98.7 cm³/mol. The number of rotatable bonds is 4. The number of piperazine rings is 1. The van der Waals surface area contributed by atoms with Gasteiger partial charge in [0.15, 0.2) is 0 Å². The van der Waals surface area contributed by atoms with Crippen molar-refractivity contribution >= 4 is 24.8 Å². The number of nitrogens with zero attached hydrogens (tertiary/aromatic N) is 1. The summed E-state index contributed by atoms with van der Waals surface area (Å²) in [5.74, 6) is 0.981. The maximum atomic E-state index is 5.67. The fourth-order valence-electron chi connectivity index (χ4n) is 3.14. The summed E-state index contributed by atoms with van der Waals surface area (Å²) < 4.78 is 5.67. The van der Waals surface area contributed by atoms with E-state index in [0.29, 0.717) is 6.04 Å². The van der Waals surface area contributed by atoms with E-state index in [2.05, 4.69) is 49.2 Å². The van der Waals surface area contributed by atoms with Crippen molar-refractivity contribution in [2.75, 3.05) is 32.8 Å². The van der Waals surface area contributed by atoms with Gasteiger partial charge in [0, 0.05) is 32.2 Å². The van der Waals surface area contributed by atoms with Gasteiger partial charge in [-0.05, 0) is 30.0 Å². The van der Waals surface area contributed by atoms with Gasteiger partial charge < -0.3 is 10.1 Å². The molecule has 1 aliphatic heterocycles. The average Bonchev–Trinajstić information content (AvgIpc) is 2.39. The van der Waals surface area contributed by atoms with E-state index in [1.807, 2.05) is 13.0 Å². The third-order valence-electron chi connectivity index (χ3n) is 3.82. The Bertz CT molecular complexity index is 429. The fraction of sp³-hybridized carbons (Fsp3) is 0.647. The zero-order chi connectivity index (χ0) is 14.6. The van der Waals surface area contributed by atoms with Gasteiger partial charge in [0.05, 0.1) is 6.61 Å². The second kappa shape index (κ2) is 9.61. The Labute approximate surface area is 147 Å². The minimum absolute atomic E-state index is 0. The Morgan fingerprint density at radius 3 is 2.36 bits per heavy atom. The molecule has 1 heterocycles. The van der Waals surface area contributed by atoms with Crippen molar-refractivity contribution < 1.29 is 4.74 Å². The second-order valence-electron chi connectivity index (χ2n) is 6.56. The first-order chi connectivity index (χ1) is 9.52. The molecule has 3 nitrogen and oxygen atoms in total. The highest BCUT2D eigenvalue weighted by molar-refractivity contribution is 5.85. The van der Waals surface area contributed by atoms with Gasteiger partial charge in [-0.15, -0.1) is 24.8 Å². The van der Waals surface area contributed by atoms with Crippen LogP contribution in [0.5, 0.6) is 5.75 Å². The molecule has 0 spiro atoms. The highest BCUT2D eigenvalue weighted by Gasteiger charge is 2.32. The summed E-state index contributed by atoms with van der Waals surface area (Å²) in [5, 5.41) is 3.44. The third kappa shape index (κ3) is 5.62. The maximum absolute atomic E-state index is 5.67. The van der Waals surface area contributed by atoms with Gasteiger partial charge >= 0.3 is 0 Å². The van der Waals surface area contributed by atoms with Crippen molar-refractivity contribution in [2.45, 2.75) is 33.7 Å². The zero-order valence-corrected chi connectivity index (χ0v) is 15.7. The lowest BCUT2D eigenvalue weighted by Crippen LogP contribution is -2.48. The highest BCUT2D eigenvalue weighted by atomic mass is 35.5. The van der Waals surface area contributed by atoms with Gasteiger partial charge in [0.25, 0.3) is 0 Å². The van der Waals surface area contributed by atoms with Gasteiger partial charge in [0.2, 0.25) is 0 Å². The quantitative estimate of drug-likeness (QED) is 0.892. The Balaban J connectivity index is 0.00000220. The summed E-state index contributed by atoms with van der Waals surface area (Å²) in [7, 11) is 0. The van der Waals surface area contributed by atoms with E-state index in [9.17, 15) is 0 Å². The molecule has 0 unspecified atom stereocenters. The fourth-order valence-corrected chi connectivity index (χ4v) is 3.14. The van der Waals surface area contributed by atoms with E-state index >= 15 is 0 Å². The maximum Gasteiger partial charge on any atom is 0.119 e. The minimum atomic E-state index is 0. The lowest BCUT2D eigenvalue weighted by atomic mass is 9.81. The van der Waals surface area contributed by atoms with Crippen LogP contribution < -0.4 is 10.1 Å². The number of ether oxygens (including phenoxy) is 1. The number of halogens is 2. The molecule has 5 heteroatoms. The van der Waals surface area contributed by atoms with Gasteiger partial charge in [-0.25, -0.2) is 0 Å². The number of hydrogen-bond acceptors (Lipinski definition) is 3. The molecule has 0 radical (unpaired) electrons. The first-order valence-electron chi connectivity index (χ1n) is 7.70. The molecule has 0 saturated carbocycles. The van der Waals surface area contributed by atoms with E-state index in [0.717, 1.165) is 38.5 Å². The van der Waals surface area contributed by atoms with Crippen LogP contribution in [0.15, 0.2) is 24.3 Å². The van der Waals surface area contributed by atoms with Crippen molar-refractivity contribution in [1.29, 1.82) is 0 Å². The monoisotopic (exact) mass is 348 g/mol. The van der Waals surface area contributed by atoms with Gasteiger partial charge in [-0.1, -0.05) is 32.9 Å². The lowest BCUT2D eigenvalue weighted by Gasteiger charge is -2.42. The molecule has 1 aromatic rings. The van der Waals surface area contributed by atoms with Crippen molar-refractivity contribution in [3.8, 4) is 5.75 Å². The Hall–Kier alpha value is -0.480. The molecule has 1 atom stereocenters. The van der Waals surface area contributed by atoms with Crippen LogP contribution in [-0.4, -0.2) is 37.7 Å². The van der Waals surface area contributed by atoms with Crippen LogP contribution in [-0.2, 0) is 0 Å². The Morgan fingerprint density at radius 1 is 1.18 bits per heavy atom. The molecule has 1 fully saturated rings. The lowest BCUT2D eigenvalue weighted by molar-refractivity contribution is 0.0860. The summed E-state index contributed by atoms with van der Waals surface area (Å²) in [6.07, 6.45) is 0. The molecule has 1 aliphatic rings. The van der Waals surface area contributed by atoms with Crippen LogP contribution in [0.3, 0.4) is 0 Å². The van der Waals surface area contributed by atoms with Gasteiger partial charge in [-0.2, -0.15) is 0 Å². The molecule has 1 aromatic carbocycles. The summed E-state index contributed by atoms with van der Waals surface area (Å²) >= 11 is 0. The van der Waals surface area contributed by atoms with Gasteiger partial charge in [-0.3, -0.25) is 4.90 Å². The number of nitrogens with one attached hydrogen (secondary N) is 1. The Kier molecular flexibility index (Phi) is 9.40. The van der Waals surface area contributed by atoms with Crippen LogP contribution in [0.1, 0.15) is 39.3 Å². The van der Waals surface area contributed by atoms with Crippen molar-refractivity contribution in [3.05, 3.63) is 29.8 Å². The van der Waals surface area contributed by atoms with E-state index < -0.39 is 0 Å². The van der Waals surface area contributed by atoms with E-state index in [1.54, 1.807) is 0 Å². The minimum Gasteiger partial charge on any atom is -0.494 e. The number of hydrogen-bond donors (Lipinski definition) is 1. The molecule has 1 N–H and O–H groups in total. The summed E-state index contributed by atoms with van der Waals surface area (Å²) in [5.41, 5.74) is 1.58. The summed E-state index contributed by atoms with van der Waals surface area (Å²) in [6, 6.07) is 9.04. The molecule has 128 valence electrons. The predicted octanol–water partition coefficient (Wildman–Crippen LogP) is 3.92. The van der Waals surface area contributed by atoms with Crippen LogP contribution >= 0.6 is 24.8 Å². The molecule has 0 amide bonds. The van der Waals surface area contributed by atoms with Crippen molar-refractivity contribution in [3.63, 3.8) is 0 Å². The smallest absolute Gasteiger partial charge is 0.119 e. The molecule has 1 saturated heterocycles. The average molecular weight is 349 g/mol. The first-order valence-corrected chi connectivity index (χ1v) is 7.70. The largest absolute Gasteiger partial charge is 0.494 e. The topological polar surface area (TPSA) is 24.5 Å². The molecular formula is C17H30Cl2N2O. The molecule has 0 bridgehead atoms. The Morgan fingerprint density at radius 2 is 1.82 bits per heavy atom. The number of benzene rings is 1. The van der Waals surface area contributed by atoms with Crippen LogP contribution in [0.4, 0.5) is 0 Å².